The number of imidazole rings is 1. The molecule has 12 heteroatoms. The summed E-state index contributed by atoms with van der Waals surface area (Å²) >= 11 is 1.64. The molecule has 11 nitrogen and oxygen atoms in total. The molecule has 4 heterocycles. The average molecular weight is 564 g/mol. The minimum atomic E-state index is -0.652. The molecule has 1 atom stereocenters. The molecule has 0 aromatic carbocycles. The first-order valence-electron chi connectivity index (χ1n) is 14.2. The largest absolute Gasteiger partial charge is 0.439 e. The third-order valence-corrected chi connectivity index (χ3v) is 9.47. The number of allylic oxidation sites excluding steroid dienone is 1. The van der Waals surface area contributed by atoms with Crippen LogP contribution >= 0.6 is 11.3 Å². The minimum Gasteiger partial charge on any atom is -0.365 e. The second-order valence-corrected chi connectivity index (χ2v) is 12.5. The van der Waals surface area contributed by atoms with Crippen LogP contribution < -0.4 is 16.0 Å². The van der Waals surface area contributed by atoms with E-state index in [1.54, 1.807) is 11.3 Å². The third kappa shape index (κ3) is 5.16. The highest BCUT2D eigenvalue weighted by Gasteiger charge is 2.31. The van der Waals surface area contributed by atoms with Crippen molar-refractivity contribution in [2.75, 3.05) is 17.3 Å². The fourth-order valence-electron chi connectivity index (χ4n) is 5.83. The van der Waals surface area contributed by atoms with Gasteiger partial charge in [-0.25, -0.2) is 19.7 Å². The first-order valence-corrected chi connectivity index (χ1v) is 15.1. The number of hydrogen-bond donors (Lipinski definition) is 2. The van der Waals surface area contributed by atoms with E-state index in [2.05, 4.69) is 55.7 Å². The first-order chi connectivity index (χ1) is 19.3. The Balaban J connectivity index is 1.50. The van der Waals surface area contributed by atoms with Gasteiger partial charge < -0.3 is 10.2 Å². The second-order valence-electron chi connectivity index (χ2n) is 11.6. The zero-order valence-electron chi connectivity index (χ0n) is 23.6. The zero-order valence-corrected chi connectivity index (χ0v) is 24.4. The van der Waals surface area contributed by atoms with Crippen molar-refractivity contribution in [1.82, 2.24) is 34.6 Å². The number of nitrogens with zero attached hydrogens (tertiary/aromatic N) is 7. The molecule has 212 valence electrons. The van der Waals surface area contributed by atoms with E-state index in [0.717, 1.165) is 46.6 Å². The van der Waals surface area contributed by atoms with Crippen molar-refractivity contribution in [2.24, 2.45) is 17.8 Å². The van der Waals surface area contributed by atoms with Gasteiger partial charge >= 0.3 is 5.76 Å². The summed E-state index contributed by atoms with van der Waals surface area (Å²) in [6.07, 6.45) is 8.19. The van der Waals surface area contributed by atoms with Crippen molar-refractivity contribution in [3.05, 3.63) is 33.2 Å². The molecule has 0 spiro atoms. The maximum absolute atomic E-state index is 11.7. The fourth-order valence-corrected chi connectivity index (χ4v) is 6.65. The molecule has 2 N–H and O–H groups in total. The molecule has 0 saturated heterocycles. The summed E-state index contributed by atoms with van der Waals surface area (Å²) in [6, 6.07) is 0.211. The van der Waals surface area contributed by atoms with Gasteiger partial charge in [0.2, 0.25) is 17.6 Å². The van der Waals surface area contributed by atoms with Gasteiger partial charge in [0, 0.05) is 29.9 Å². The molecular formula is C28H37N9O2S. The Morgan fingerprint density at radius 2 is 2.00 bits per heavy atom. The summed E-state index contributed by atoms with van der Waals surface area (Å²) in [7, 11) is 2.03. The quantitative estimate of drug-likeness (QED) is 0.272. The maximum atomic E-state index is 11.7. The molecule has 2 fully saturated rings. The van der Waals surface area contributed by atoms with Crippen LogP contribution in [0.2, 0.25) is 0 Å². The Morgan fingerprint density at radius 1 is 1.23 bits per heavy atom. The molecule has 2 saturated carbocycles. The van der Waals surface area contributed by atoms with Gasteiger partial charge in [-0.15, -0.1) is 11.3 Å². The number of aromatic nitrogens is 7. The number of nitrogens with one attached hydrogen (secondary N) is 2. The van der Waals surface area contributed by atoms with E-state index in [1.165, 1.54) is 32.1 Å². The number of fused-ring (bicyclic) bond motifs is 1. The number of H-pyrrole nitrogens is 1. The highest BCUT2D eigenvalue weighted by molar-refractivity contribution is 7.09. The van der Waals surface area contributed by atoms with Gasteiger partial charge in [0.05, 0.1) is 6.54 Å². The summed E-state index contributed by atoms with van der Waals surface area (Å²) in [4.78, 5) is 35.8. The van der Waals surface area contributed by atoms with Crippen molar-refractivity contribution in [3.63, 3.8) is 0 Å². The lowest BCUT2D eigenvalue weighted by atomic mass is 9.80. The van der Waals surface area contributed by atoms with E-state index in [9.17, 15) is 4.79 Å². The number of thiazole rings is 1. The molecule has 0 unspecified atom stereocenters. The predicted octanol–water partition coefficient (Wildman–Crippen LogP) is 5.47. The van der Waals surface area contributed by atoms with Crippen LogP contribution in [0.5, 0.6) is 0 Å². The Bertz CT molecular complexity index is 1570. The number of anilines is 2. The van der Waals surface area contributed by atoms with Gasteiger partial charge in [-0.3, -0.25) is 14.1 Å². The lowest BCUT2D eigenvalue weighted by molar-refractivity contribution is 0.285. The van der Waals surface area contributed by atoms with Crippen LogP contribution in [0.1, 0.15) is 69.5 Å². The average Bonchev–Trinajstić information content (AvgIpc) is 3.61. The van der Waals surface area contributed by atoms with E-state index < -0.39 is 5.76 Å². The van der Waals surface area contributed by atoms with E-state index in [-0.39, 0.29) is 17.7 Å². The normalized spacial score (nSPS) is 20.4. The van der Waals surface area contributed by atoms with Gasteiger partial charge in [-0.05, 0) is 57.3 Å². The molecular weight excluding hydrogens is 526 g/mol. The van der Waals surface area contributed by atoms with Gasteiger partial charge in [0.15, 0.2) is 11.5 Å². The number of hydrogen-bond acceptors (Lipinski definition) is 10. The zero-order chi connectivity index (χ0) is 28.0. The third-order valence-electron chi connectivity index (χ3n) is 8.52. The van der Waals surface area contributed by atoms with Crippen molar-refractivity contribution >= 4 is 40.0 Å². The number of rotatable bonds is 9. The van der Waals surface area contributed by atoms with E-state index in [0.29, 0.717) is 29.8 Å². The summed E-state index contributed by atoms with van der Waals surface area (Å²) in [6.45, 7) is 11.8. The maximum Gasteiger partial charge on any atom is 0.439 e. The van der Waals surface area contributed by atoms with E-state index in [1.807, 2.05) is 14.0 Å². The van der Waals surface area contributed by atoms with Gasteiger partial charge in [0.25, 0.3) is 0 Å². The number of aromatic amines is 1. The highest BCUT2D eigenvalue weighted by atomic mass is 32.1. The van der Waals surface area contributed by atoms with Crippen LogP contribution in [0.15, 0.2) is 21.3 Å². The van der Waals surface area contributed by atoms with Crippen LogP contribution in [0, 0.1) is 24.7 Å². The molecule has 0 radical (unpaired) electrons. The van der Waals surface area contributed by atoms with Gasteiger partial charge in [-0.2, -0.15) is 4.98 Å². The Hall–Kier alpha value is -3.54. The lowest BCUT2D eigenvalue weighted by Gasteiger charge is -2.33. The van der Waals surface area contributed by atoms with Crippen molar-refractivity contribution in [1.29, 1.82) is 0 Å². The van der Waals surface area contributed by atoms with Crippen molar-refractivity contribution < 1.29 is 4.52 Å². The van der Waals surface area contributed by atoms with Crippen LogP contribution in [0.4, 0.5) is 11.8 Å². The van der Waals surface area contributed by atoms with Crippen LogP contribution in [-0.4, -0.2) is 47.7 Å². The summed E-state index contributed by atoms with van der Waals surface area (Å²) in [5.74, 6) is 2.83. The molecule has 2 aliphatic carbocycles. The second kappa shape index (κ2) is 10.8. The monoisotopic (exact) mass is 563 g/mol. The predicted molar refractivity (Wildman–Crippen MR) is 157 cm³/mol. The summed E-state index contributed by atoms with van der Waals surface area (Å²) < 4.78 is 6.92. The van der Waals surface area contributed by atoms with Crippen molar-refractivity contribution in [3.8, 4) is 11.6 Å². The molecule has 0 amide bonds. The topological polar surface area (TPSA) is 131 Å². The summed E-state index contributed by atoms with van der Waals surface area (Å²) in [5.41, 5.74) is 3.33. The van der Waals surface area contributed by atoms with E-state index in [4.69, 9.17) is 19.5 Å². The summed E-state index contributed by atoms with van der Waals surface area (Å²) in [5, 5.41) is 10.6. The molecule has 6 rings (SSSR count). The van der Waals surface area contributed by atoms with E-state index >= 15 is 0 Å². The Kier molecular flexibility index (Phi) is 7.20. The minimum absolute atomic E-state index is 0.175. The van der Waals surface area contributed by atoms with Gasteiger partial charge in [-0.1, -0.05) is 37.9 Å². The van der Waals surface area contributed by atoms with Gasteiger partial charge in [0.1, 0.15) is 10.5 Å². The standard InChI is InChI=1S/C28H37N9O2S/c1-15-9-11-20(12-10-15)18(4)37-22-23(30-17(3)19-7-6-8-19)31-25(26-34-28(38)39-35-26)32-24(22)33-27(37)36(5)13-21-29-16(2)14-40-21/h14-15,17,19-20H,4,6-13H2,1-3,5H3,(H,30,31,32)(H,34,35,38)/t15?,17-,20?/m1/s1. The smallest absolute Gasteiger partial charge is 0.365 e. The van der Waals surface area contributed by atoms with Crippen LogP contribution in [-0.2, 0) is 6.54 Å². The lowest BCUT2D eigenvalue weighted by Crippen LogP contribution is -2.31. The fraction of sp³-hybridized carbons (Fsp3) is 0.571. The molecule has 4 aromatic rings. The molecule has 2 aliphatic rings. The highest BCUT2D eigenvalue weighted by Crippen LogP contribution is 2.40. The number of aryl methyl sites for hydroxylation is 1. The SMILES string of the molecule is C=C(C1CCC(C)CC1)n1c(N(C)Cc2nc(C)cs2)nc2nc(-c3noc(=O)[nH]3)nc(N[C@H](C)C3CCC3)c21. The van der Waals surface area contributed by atoms with Crippen LogP contribution in [0.25, 0.3) is 28.5 Å². The molecule has 0 aliphatic heterocycles. The Labute approximate surface area is 237 Å². The Morgan fingerprint density at radius 3 is 2.62 bits per heavy atom. The molecule has 4 aromatic heterocycles. The molecule has 40 heavy (non-hydrogen) atoms. The van der Waals surface area contributed by atoms with Crippen molar-refractivity contribution in [2.45, 2.75) is 78.3 Å². The first kappa shape index (κ1) is 26.7. The van der Waals surface area contributed by atoms with Crippen LogP contribution in [0.3, 0.4) is 0 Å². The molecule has 0 bridgehead atoms.